The van der Waals surface area contributed by atoms with E-state index in [0.29, 0.717) is 12.5 Å². The zero-order valence-corrected chi connectivity index (χ0v) is 13.7. The van der Waals surface area contributed by atoms with E-state index < -0.39 is 0 Å². The molecule has 0 saturated carbocycles. The van der Waals surface area contributed by atoms with Crippen molar-refractivity contribution in [2.75, 3.05) is 32.7 Å². The molecule has 2 rings (SSSR count). The Morgan fingerprint density at radius 2 is 1.82 bits per heavy atom. The summed E-state index contributed by atoms with van der Waals surface area (Å²) in [6.45, 7) is 7.88. The fourth-order valence-electron chi connectivity index (χ4n) is 3.22. The molecule has 1 unspecified atom stereocenters. The molecule has 0 aliphatic carbocycles. The minimum Gasteiger partial charge on any atom is -0.388 e. The zero-order chi connectivity index (χ0) is 15.9. The second kappa shape index (κ2) is 8.30. The lowest BCUT2D eigenvalue weighted by Crippen LogP contribution is -2.44. The van der Waals surface area contributed by atoms with Gasteiger partial charge in [-0.05, 0) is 51.3 Å². The molecule has 0 spiro atoms. The first kappa shape index (κ1) is 17.0. The predicted octanol–water partition coefficient (Wildman–Crippen LogP) is 2.30. The van der Waals surface area contributed by atoms with Crippen LogP contribution in [-0.2, 0) is 4.79 Å². The molecule has 122 valence electrons. The smallest absolute Gasteiger partial charge is 0.236 e. The largest absolute Gasteiger partial charge is 0.388 e. The number of hydrogen-bond donors (Lipinski definition) is 1. The molecule has 4 nitrogen and oxygen atoms in total. The van der Waals surface area contributed by atoms with Gasteiger partial charge in [-0.1, -0.05) is 30.3 Å². The summed E-state index contributed by atoms with van der Waals surface area (Å²) in [5.74, 6) is 0.509. The van der Waals surface area contributed by atoms with Crippen molar-refractivity contribution in [1.29, 1.82) is 0 Å². The van der Waals surface area contributed by atoms with Crippen LogP contribution in [-0.4, -0.2) is 53.5 Å². The van der Waals surface area contributed by atoms with E-state index >= 15 is 0 Å². The van der Waals surface area contributed by atoms with Crippen LogP contribution >= 0.6 is 0 Å². The van der Waals surface area contributed by atoms with Crippen molar-refractivity contribution in [3.05, 3.63) is 35.9 Å². The average Bonchev–Trinajstić information content (AvgIpc) is 2.57. The first-order valence-corrected chi connectivity index (χ1v) is 8.38. The van der Waals surface area contributed by atoms with E-state index in [1.54, 1.807) is 0 Å². The molecular weight excluding hydrogens is 276 g/mol. The third-order valence-corrected chi connectivity index (χ3v) is 4.69. The van der Waals surface area contributed by atoms with Gasteiger partial charge in [0.25, 0.3) is 0 Å². The number of nitrogens with zero attached hydrogens (tertiary/aromatic N) is 2. The molecule has 1 aliphatic rings. The molecule has 1 N–H and O–H groups in total. The maximum atomic E-state index is 12.1. The van der Waals surface area contributed by atoms with E-state index in [1.165, 1.54) is 0 Å². The number of benzene rings is 1. The summed E-state index contributed by atoms with van der Waals surface area (Å²) < 4.78 is 0. The van der Waals surface area contributed by atoms with Crippen LogP contribution in [0.25, 0.3) is 0 Å². The molecule has 1 amide bonds. The van der Waals surface area contributed by atoms with Crippen LogP contribution < -0.4 is 0 Å². The highest BCUT2D eigenvalue weighted by molar-refractivity contribution is 5.78. The summed E-state index contributed by atoms with van der Waals surface area (Å²) in [6, 6.07) is 9.88. The van der Waals surface area contributed by atoms with Crippen LogP contribution in [0.15, 0.2) is 30.3 Å². The van der Waals surface area contributed by atoms with Crippen molar-refractivity contribution in [3.63, 3.8) is 0 Å². The van der Waals surface area contributed by atoms with Gasteiger partial charge in [-0.25, -0.2) is 0 Å². The van der Waals surface area contributed by atoms with Crippen LogP contribution in [0.5, 0.6) is 0 Å². The van der Waals surface area contributed by atoms with Crippen LogP contribution in [0.4, 0.5) is 0 Å². The van der Waals surface area contributed by atoms with Gasteiger partial charge in [0.1, 0.15) is 0 Å². The lowest BCUT2D eigenvalue weighted by Gasteiger charge is -2.34. The van der Waals surface area contributed by atoms with E-state index in [0.717, 1.165) is 44.6 Å². The molecule has 1 aromatic rings. The van der Waals surface area contributed by atoms with Crippen molar-refractivity contribution < 1.29 is 9.90 Å². The highest BCUT2D eigenvalue weighted by atomic mass is 16.3. The highest BCUT2D eigenvalue weighted by Gasteiger charge is 2.27. The number of piperidine rings is 1. The maximum Gasteiger partial charge on any atom is 0.236 e. The molecular formula is C18H28N2O2. The van der Waals surface area contributed by atoms with Gasteiger partial charge in [-0.3, -0.25) is 9.69 Å². The Kier molecular flexibility index (Phi) is 6.40. The molecule has 0 radical (unpaired) electrons. The molecule has 22 heavy (non-hydrogen) atoms. The van der Waals surface area contributed by atoms with Crippen LogP contribution in [0, 0.1) is 5.92 Å². The number of amides is 1. The summed E-state index contributed by atoms with van der Waals surface area (Å²) >= 11 is 0. The molecule has 1 fully saturated rings. The molecule has 1 heterocycles. The van der Waals surface area contributed by atoms with E-state index in [-0.39, 0.29) is 12.0 Å². The SMILES string of the molecule is CCN(CC)C(=O)CN1CCC(C(O)c2ccccc2)CC1. The van der Waals surface area contributed by atoms with Gasteiger partial charge in [0.2, 0.25) is 5.91 Å². The molecule has 1 saturated heterocycles. The minimum absolute atomic E-state index is 0.215. The highest BCUT2D eigenvalue weighted by Crippen LogP contribution is 2.30. The molecule has 1 aromatic carbocycles. The first-order chi connectivity index (χ1) is 10.7. The number of aliphatic hydroxyl groups is 1. The minimum atomic E-state index is -0.387. The lowest BCUT2D eigenvalue weighted by molar-refractivity contribution is -0.132. The number of carbonyl (C=O) groups is 1. The van der Waals surface area contributed by atoms with Gasteiger partial charge < -0.3 is 10.0 Å². The predicted molar refractivity (Wildman–Crippen MR) is 88.5 cm³/mol. The van der Waals surface area contributed by atoms with E-state index in [2.05, 4.69) is 4.90 Å². The van der Waals surface area contributed by atoms with Crippen molar-refractivity contribution in [3.8, 4) is 0 Å². The number of aliphatic hydroxyl groups excluding tert-OH is 1. The average molecular weight is 304 g/mol. The lowest BCUT2D eigenvalue weighted by atomic mass is 9.87. The van der Waals surface area contributed by atoms with Crippen molar-refractivity contribution in [2.24, 2.45) is 5.92 Å². The number of hydrogen-bond acceptors (Lipinski definition) is 3. The molecule has 0 aromatic heterocycles. The third kappa shape index (κ3) is 4.31. The summed E-state index contributed by atoms with van der Waals surface area (Å²) in [7, 11) is 0. The Hall–Kier alpha value is -1.39. The summed E-state index contributed by atoms with van der Waals surface area (Å²) in [5, 5.41) is 10.5. The van der Waals surface area contributed by atoms with E-state index in [1.807, 2.05) is 49.1 Å². The molecule has 4 heteroatoms. The standard InChI is InChI=1S/C18H28N2O2/c1-3-20(4-2)17(21)14-19-12-10-16(11-13-19)18(22)15-8-6-5-7-9-15/h5-9,16,18,22H,3-4,10-14H2,1-2H3. The van der Waals surface area contributed by atoms with Crippen molar-refractivity contribution in [1.82, 2.24) is 9.80 Å². The van der Waals surface area contributed by atoms with E-state index in [4.69, 9.17) is 0 Å². The van der Waals surface area contributed by atoms with E-state index in [9.17, 15) is 9.90 Å². The first-order valence-electron chi connectivity index (χ1n) is 8.38. The number of rotatable bonds is 6. The number of likely N-dealkylation sites (tertiary alicyclic amines) is 1. The fourth-order valence-corrected chi connectivity index (χ4v) is 3.22. The van der Waals surface area contributed by atoms with Crippen molar-refractivity contribution in [2.45, 2.75) is 32.8 Å². The van der Waals surface area contributed by atoms with Crippen LogP contribution in [0.2, 0.25) is 0 Å². The zero-order valence-electron chi connectivity index (χ0n) is 13.7. The Morgan fingerprint density at radius 3 is 2.36 bits per heavy atom. The van der Waals surface area contributed by atoms with Gasteiger partial charge >= 0.3 is 0 Å². The summed E-state index contributed by atoms with van der Waals surface area (Å²) in [4.78, 5) is 16.2. The van der Waals surface area contributed by atoms with Crippen molar-refractivity contribution >= 4 is 5.91 Å². The summed E-state index contributed by atoms with van der Waals surface area (Å²) in [5.41, 5.74) is 1.00. The topological polar surface area (TPSA) is 43.8 Å². The normalized spacial score (nSPS) is 18.1. The Morgan fingerprint density at radius 1 is 1.23 bits per heavy atom. The summed E-state index contributed by atoms with van der Waals surface area (Å²) in [6.07, 6.45) is 1.50. The van der Waals surface area contributed by atoms with Crippen LogP contribution in [0.1, 0.15) is 38.4 Å². The Labute approximate surface area is 133 Å². The quantitative estimate of drug-likeness (QED) is 0.877. The molecule has 0 bridgehead atoms. The van der Waals surface area contributed by atoms with Gasteiger partial charge in [-0.15, -0.1) is 0 Å². The third-order valence-electron chi connectivity index (χ3n) is 4.69. The van der Waals surface area contributed by atoms with Gasteiger partial charge in [0.15, 0.2) is 0 Å². The van der Waals surface area contributed by atoms with Gasteiger partial charge in [0, 0.05) is 13.1 Å². The Bertz CT molecular complexity index is 451. The van der Waals surface area contributed by atoms with Gasteiger partial charge in [-0.2, -0.15) is 0 Å². The number of carbonyl (C=O) groups excluding carboxylic acids is 1. The maximum absolute atomic E-state index is 12.1. The second-order valence-corrected chi connectivity index (χ2v) is 6.04. The Balaban J connectivity index is 1.82. The molecule has 1 aliphatic heterocycles. The fraction of sp³-hybridized carbons (Fsp3) is 0.611. The van der Waals surface area contributed by atoms with Gasteiger partial charge in [0.05, 0.1) is 12.6 Å². The van der Waals surface area contributed by atoms with Crippen LogP contribution in [0.3, 0.4) is 0 Å². The molecule has 1 atom stereocenters. The monoisotopic (exact) mass is 304 g/mol. The number of likely N-dealkylation sites (N-methyl/N-ethyl adjacent to an activating group) is 1. The second-order valence-electron chi connectivity index (χ2n) is 6.04.